The van der Waals surface area contributed by atoms with Crippen molar-refractivity contribution in [3.8, 4) is 0 Å². The zero-order valence-electron chi connectivity index (χ0n) is 17.5. The number of nitrogens with one attached hydrogen (secondary N) is 2. The molecule has 0 atom stereocenters. The molecule has 0 unspecified atom stereocenters. The Balaban J connectivity index is 1.68. The van der Waals surface area contributed by atoms with E-state index >= 15 is 0 Å². The minimum absolute atomic E-state index is 0.0969. The molecular formula is C19H21F3N6O3S. The molecule has 0 aliphatic carbocycles. The van der Waals surface area contributed by atoms with Crippen molar-refractivity contribution in [1.82, 2.24) is 29.6 Å². The van der Waals surface area contributed by atoms with Crippen LogP contribution in [0.2, 0.25) is 0 Å². The summed E-state index contributed by atoms with van der Waals surface area (Å²) in [5.74, 6) is -1.98. The number of hydrogen-bond acceptors (Lipinski definition) is 6. The lowest BCUT2D eigenvalue weighted by molar-refractivity contribution is -0.144. The SMILES string of the molecule is CNS(=O)(=O)Cc1ccc(CNC(=O)Cc2c(C)nc3nc(C(F)(F)F)nn3c2C)cc1. The van der Waals surface area contributed by atoms with Crippen molar-refractivity contribution in [2.24, 2.45) is 0 Å². The van der Waals surface area contributed by atoms with Crippen molar-refractivity contribution < 1.29 is 26.4 Å². The van der Waals surface area contributed by atoms with Crippen LogP contribution in [0.1, 0.15) is 33.9 Å². The molecule has 0 aliphatic rings. The van der Waals surface area contributed by atoms with E-state index in [4.69, 9.17) is 0 Å². The highest BCUT2D eigenvalue weighted by molar-refractivity contribution is 7.88. The number of nitrogens with zero attached hydrogens (tertiary/aromatic N) is 4. The van der Waals surface area contributed by atoms with Gasteiger partial charge < -0.3 is 5.32 Å². The second-order valence-electron chi connectivity index (χ2n) is 7.14. The van der Waals surface area contributed by atoms with Gasteiger partial charge in [0.25, 0.3) is 11.6 Å². The second kappa shape index (κ2) is 8.82. The Hall–Kier alpha value is -3.06. The average molecular weight is 470 g/mol. The number of benzene rings is 1. The van der Waals surface area contributed by atoms with Gasteiger partial charge in [0.15, 0.2) is 0 Å². The van der Waals surface area contributed by atoms with Crippen LogP contribution in [0.15, 0.2) is 24.3 Å². The summed E-state index contributed by atoms with van der Waals surface area (Å²) in [5.41, 5.74) is 2.56. The first-order valence-electron chi connectivity index (χ1n) is 9.45. The monoisotopic (exact) mass is 470 g/mol. The average Bonchev–Trinajstić information content (AvgIpc) is 3.15. The fourth-order valence-corrected chi connectivity index (χ4v) is 3.83. The number of aromatic nitrogens is 4. The predicted molar refractivity (Wildman–Crippen MR) is 109 cm³/mol. The highest BCUT2D eigenvalue weighted by Crippen LogP contribution is 2.27. The highest BCUT2D eigenvalue weighted by atomic mass is 32.2. The molecule has 172 valence electrons. The Morgan fingerprint density at radius 2 is 1.72 bits per heavy atom. The first-order valence-corrected chi connectivity index (χ1v) is 11.1. The Labute approximate surface area is 182 Å². The normalized spacial score (nSPS) is 12.3. The summed E-state index contributed by atoms with van der Waals surface area (Å²) >= 11 is 0. The Morgan fingerprint density at radius 3 is 2.31 bits per heavy atom. The van der Waals surface area contributed by atoms with E-state index in [-0.39, 0.29) is 30.4 Å². The smallest absolute Gasteiger partial charge is 0.352 e. The maximum atomic E-state index is 12.9. The van der Waals surface area contributed by atoms with Crippen LogP contribution in [0.4, 0.5) is 13.2 Å². The summed E-state index contributed by atoms with van der Waals surface area (Å²) in [4.78, 5) is 19.9. The second-order valence-corrected chi connectivity index (χ2v) is 9.07. The topological polar surface area (TPSA) is 118 Å². The van der Waals surface area contributed by atoms with E-state index < -0.39 is 22.0 Å². The molecule has 1 aromatic carbocycles. The summed E-state index contributed by atoms with van der Waals surface area (Å²) in [7, 11) is -2.03. The van der Waals surface area contributed by atoms with Crippen LogP contribution in [0, 0.1) is 13.8 Å². The van der Waals surface area contributed by atoms with Crippen LogP contribution in [0.25, 0.3) is 5.78 Å². The Morgan fingerprint density at radius 1 is 1.09 bits per heavy atom. The van der Waals surface area contributed by atoms with Gasteiger partial charge in [-0.05, 0) is 32.0 Å². The number of carbonyl (C=O) groups excluding carboxylic acids is 1. The lowest BCUT2D eigenvalue weighted by atomic mass is 10.1. The molecule has 32 heavy (non-hydrogen) atoms. The van der Waals surface area contributed by atoms with E-state index in [1.807, 2.05) is 0 Å². The molecule has 2 heterocycles. The number of halogens is 3. The van der Waals surface area contributed by atoms with Crippen molar-refractivity contribution in [2.75, 3.05) is 7.05 Å². The molecule has 3 rings (SSSR count). The van der Waals surface area contributed by atoms with Crippen molar-refractivity contribution in [1.29, 1.82) is 0 Å². The third-order valence-corrected chi connectivity index (χ3v) is 6.16. The molecule has 0 bridgehead atoms. The number of fused-ring (bicyclic) bond motifs is 1. The molecule has 0 saturated carbocycles. The summed E-state index contributed by atoms with van der Waals surface area (Å²) in [6, 6.07) is 6.73. The van der Waals surface area contributed by atoms with Crippen LogP contribution in [0.5, 0.6) is 0 Å². The lowest BCUT2D eigenvalue weighted by Crippen LogP contribution is -2.26. The Bertz CT molecular complexity index is 1250. The van der Waals surface area contributed by atoms with Gasteiger partial charge in [-0.2, -0.15) is 18.2 Å². The number of hydrogen-bond donors (Lipinski definition) is 2. The number of aryl methyl sites for hydroxylation is 2. The standard InChI is InChI=1S/C19H21F3N6O3S/c1-11-15(12(2)28-18(25-11)26-17(27-28)19(20,21)22)8-16(29)24-9-13-4-6-14(7-5-13)10-32(30,31)23-3/h4-7,23H,8-10H2,1-3H3,(H,24,29). The van der Waals surface area contributed by atoms with E-state index in [1.54, 1.807) is 38.1 Å². The molecule has 9 nitrogen and oxygen atoms in total. The highest BCUT2D eigenvalue weighted by Gasteiger charge is 2.37. The summed E-state index contributed by atoms with van der Waals surface area (Å²) < 4.78 is 65.1. The van der Waals surface area contributed by atoms with E-state index in [2.05, 4.69) is 25.1 Å². The number of sulfonamides is 1. The minimum atomic E-state index is -4.70. The fourth-order valence-electron chi connectivity index (χ4n) is 3.05. The van der Waals surface area contributed by atoms with Crippen LogP contribution < -0.4 is 10.0 Å². The quantitative estimate of drug-likeness (QED) is 0.542. The third-order valence-electron chi connectivity index (χ3n) is 4.82. The summed E-state index contributed by atoms with van der Waals surface area (Å²) in [5, 5.41) is 6.20. The molecule has 2 aromatic heterocycles. The van der Waals surface area contributed by atoms with Crippen molar-refractivity contribution in [2.45, 2.75) is 38.7 Å². The third kappa shape index (κ3) is 5.40. The van der Waals surface area contributed by atoms with Gasteiger partial charge in [0.1, 0.15) is 0 Å². The lowest BCUT2D eigenvalue weighted by Gasteiger charge is -2.11. The number of alkyl halides is 3. The van der Waals surface area contributed by atoms with E-state index in [0.717, 1.165) is 10.1 Å². The van der Waals surface area contributed by atoms with Crippen molar-refractivity contribution in [3.63, 3.8) is 0 Å². The van der Waals surface area contributed by atoms with E-state index in [9.17, 15) is 26.4 Å². The zero-order chi connectivity index (χ0) is 23.7. The first kappa shape index (κ1) is 23.6. The molecule has 0 fully saturated rings. The molecule has 0 radical (unpaired) electrons. The van der Waals surface area contributed by atoms with Crippen LogP contribution in [-0.4, -0.2) is 41.0 Å². The molecule has 0 spiro atoms. The number of carbonyl (C=O) groups is 1. The van der Waals surface area contributed by atoms with Gasteiger partial charge in [0.05, 0.1) is 12.2 Å². The van der Waals surface area contributed by atoms with Crippen LogP contribution >= 0.6 is 0 Å². The predicted octanol–water partition coefficient (Wildman–Crippen LogP) is 1.67. The summed E-state index contributed by atoms with van der Waals surface area (Å²) in [6.45, 7) is 3.35. The Kier molecular flexibility index (Phi) is 6.51. The van der Waals surface area contributed by atoms with E-state index in [1.165, 1.54) is 7.05 Å². The van der Waals surface area contributed by atoms with Gasteiger partial charge in [0, 0.05) is 23.5 Å². The maximum absolute atomic E-state index is 12.9. The zero-order valence-corrected chi connectivity index (χ0v) is 18.3. The number of amides is 1. The first-order chi connectivity index (χ1) is 14.9. The molecule has 2 N–H and O–H groups in total. The van der Waals surface area contributed by atoms with Gasteiger partial charge >= 0.3 is 6.18 Å². The molecule has 3 aromatic rings. The van der Waals surface area contributed by atoms with Crippen molar-refractivity contribution in [3.05, 3.63) is 58.2 Å². The summed E-state index contributed by atoms with van der Waals surface area (Å²) in [6.07, 6.45) is -4.79. The molecule has 1 amide bonds. The maximum Gasteiger partial charge on any atom is 0.453 e. The molecule has 0 aliphatic heterocycles. The van der Waals surface area contributed by atoms with Gasteiger partial charge in [-0.25, -0.2) is 22.6 Å². The van der Waals surface area contributed by atoms with Crippen LogP contribution in [-0.2, 0) is 39.7 Å². The van der Waals surface area contributed by atoms with E-state index in [0.29, 0.717) is 22.5 Å². The van der Waals surface area contributed by atoms with Gasteiger partial charge in [-0.1, -0.05) is 24.3 Å². The van der Waals surface area contributed by atoms with Gasteiger partial charge in [0.2, 0.25) is 15.9 Å². The van der Waals surface area contributed by atoms with Gasteiger partial charge in [-0.3, -0.25) is 4.79 Å². The van der Waals surface area contributed by atoms with Crippen LogP contribution in [0.3, 0.4) is 0 Å². The molecule has 0 saturated heterocycles. The minimum Gasteiger partial charge on any atom is -0.352 e. The molecular weight excluding hydrogens is 449 g/mol. The fraction of sp³-hybridized carbons (Fsp3) is 0.368. The number of rotatable bonds is 7. The largest absolute Gasteiger partial charge is 0.453 e. The van der Waals surface area contributed by atoms with Crippen molar-refractivity contribution >= 4 is 21.7 Å². The molecule has 13 heteroatoms. The van der Waals surface area contributed by atoms with Gasteiger partial charge in [-0.15, -0.1) is 5.10 Å².